The topological polar surface area (TPSA) is 55.6 Å². The van der Waals surface area contributed by atoms with Crippen molar-refractivity contribution in [2.75, 3.05) is 26.2 Å². The van der Waals surface area contributed by atoms with Crippen LogP contribution in [0.2, 0.25) is 0 Å². The predicted octanol–water partition coefficient (Wildman–Crippen LogP) is 2.20. The van der Waals surface area contributed by atoms with E-state index >= 15 is 0 Å². The molecule has 1 aromatic rings. The maximum Gasteiger partial charge on any atom is 0.416 e. The second-order valence-electron chi connectivity index (χ2n) is 4.59. The van der Waals surface area contributed by atoms with Gasteiger partial charge in [0.2, 0.25) is 0 Å². The monoisotopic (exact) mass is 288 g/mol. The lowest BCUT2D eigenvalue weighted by Crippen LogP contribution is -2.44. The Balaban J connectivity index is 2.26. The molecule has 0 radical (unpaired) electrons. The Labute approximate surface area is 114 Å². The molecule has 1 unspecified atom stereocenters. The molecule has 2 N–H and O–H groups in total. The summed E-state index contributed by atoms with van der Waals surface area (Å²) < 4.78 is 43.9. The van der Waals surface area contributed by atoms with Crippen LogP contribution in [0.15, 0.2) is 24.3 Å². The van der Waals surface area contributed by atoms with Gasteiger partial charge < -0.3 is 15.4 Å². The van der Waals surface area contributed by atoms with E-state index in [2.05, 4.69) is 0 Å². The number of nitrogens with two attached hydrogens (primary N) is 1. The van der Waals surface area contributed by atoms with E-state index in [1.54, 1.807) is 6.07 Å². The lowest BCUT2D eigenvalue weighted by molar-refractivity contribution is -0.138. The van der Waals surface area contributed by atoms with E-state index in [0.717, 1.165) is 6.07 Å². The van der Waals surface area contributed by atoms with Crippen molar-refractivity contribution in [3.8, 4) is 0 Å². The molecule has 1 aromatic carbocycles. The van der Waals surface area contributed by atoms with Gasteiger partial charge in [-0.2, -0.15) is 13.2 Å². The zero-order valence-corrected chi connectivity index (χ0v) is 10.7. The summed E-state index contributed by atoms with van der Waals surface area (Å²) in [6.07, 6.45) is -4.95. The van der Waals surface area contributed by atoms with Gasteiger partial charge in [-0.3, -0.25) is 0 Å². The highest BCUT2D eigenvalue weighted by Gasteiger charge is 2.37. The minimum Gasteiger partial charge on any atom is -0.449 e. The van der Waals surface area contributed by atoms with E-state index in [-0.39, 0.29) is 31.8 Å². The fourth-order valence-corrected chi connectivity index (χ4v) is 2.29. The van der Waals surface area contributed by atoms with Crippen LogP contribution in [0.4, 0.5) is 18.0 Å². The molecular weight excluding hydrogens is 273 g/mol. The van der Waals surface area contributed by atoms with Gasteiger partial charge in [0.25, 0.3) is 0 Å². The molecule has 0 spiro atoms. The number of rotatable bonds is 3. The molecule has 0 aliphatic carbocycles. The summed E-state index contributed by atoms with van der Waals surface area (Å²) in [5.74, 6) is -0.503. The van der Waals surface area contributed by atoms with Gasteiger partial charge in [-0.25, -0.2) is 4.79 Å². The zero-order valence-electron chi connectivity index (χ0n) is 10.7. The molecule has 1 fully saturated rings. The molecule has 20 heavy (non-hydrogen) atoms. The molecule has 7 heteroatoms. The Morgan fingerprint density at radius 3 is 2.70 bits per heavy atom. The number of carbonyl (C=O) groups is 1. The van der Waals surface area contributed by atoms with Gasteiger partial charge in [0.15, 0.2) is 0 Å². The lowest BCUT2D eigenvalue weighted by Gasteiger charge is -2.33. The number of hydrogen-bond donors (Lipinski definition) is 1. The van der Waals surface area contributed by atoms with Crippen LogP contribution in [-0.4, -0.2) is 37.2 Å². The average molecular weight is 288 g/mol. The molecule has 2 rings (SSSR count). The number of halogens is 3. The van der Waals surface area contributed by atoms with Gasteiger partial charge in [0, 0.05) is 25.6 Å². The third-order valence-corrected chi connectivity index (χ3v) is 3.21. The SMILES string of the molecule is NCCN1CC(c2ccccc2C(F)(F)F)COC1=O. The largest absolute Gasteiger partial charge is 0.449 e. The Morgan fingerprint density at radius 2 is 2.05 bits per heavy atom. The van der Waals surface area contributed by atoms with E-state index in [9.17, 15) is 18.0 Å². The van der Waals surface area contributed by atoms with E-state index in [4.69, 9.17) is 10.5 Å². The minimum atomic E-state index is -4.42. The second-order valence-corrected chi connectivity index (χ2v) is 4.59. The summed E-state index contributed by atoms with van der Waals surface area (Å²) in [6.45, 7) is 0.641. The van der Waals surface area contributed by atoms with Gasteiger partial charge in [0.05, 0.1) is 5.56 Å². The molecule has 0 aromatic heterocycles. The van der Waals surface area contributed by atoms with Gasteiger partial charge in [0.1, 0.15) is 6.61 Å². The fourth-order valence-electron chi connectivity index (χ4n) is 2.29. The van der Waals surface area contributed by atoms with E-state index < -0.39 is 23.8 Å². The average Bonchev–Trinajstić information content (AvgIpc) is 2.41. The van der Waals surface area contributed by atoms with Crippen LogP contribution in [0.3, 0.4) is 0 Å². The first kappa shape index (κ1) is 14.6. The molecule has 0 saturated carbocycles. The van der Waals surface area contributed by atoms with Crippen molar-refractivity contribution in [1.29, 1.82) is 0 Å². The summed E-state index contributed by atoms with van der Waals surface area (Å²) in [5.41, 5.74) is 4.84. The molecular formula is C13H15F3N2O2. The number of amides is 1. The summed E-state index contributed by atoms with van der Waals surface area (Å²) in [4.78, 5) is 12.8. The van der Waals surface area contributed by atoms with Gasteiger partial charge in [-0.15, -0.1) is 0 Å². The summed E-state index contributed by atoms with van der Waals surface area (Å²) in [6, 6.07) is 5.36. The summed E-state index contributed by atoms with van der Waals surface area (Å²) in [7, 11) is 0. The predicted molar refractivity (Wildman–Crippen MR) is 66.2 cm³/mol. The zero-order chi connectivity index (χ0) is 14.8. The highest BCUT2D eigenvalue weighted by molar-refractivity contribution is 5.68. The summed E-state index contributed by atoms with van der Waals surface area (Å²) in [5, 5.41) is 0. The van der Waals surface area contributed by atoms with Crippen molar-refractivity contribution in [3.05, 3.63) is 35.4 Å². The molecule has 1 heterocycles. The van der Waals surface area contributed by atoms with Crippen molar-refractivity contribution < 1.29 is 22.7 Å². The Hall–Kier alpha value is -1.76. The molecule has 1 amide bonds. The first-order valence-electron chi connectivity index (χ1n) is 6.21. The van der Waals surface area contributed by atoms with Crippen molar-refractivity contribution >= 4 is 6.09 Å². The lowest BCUT2D eigenvalue weighted by atomic mass is 9.93. The smallest absolute Gasteiger partial charge is 0.416 e. The maximum absolute atomic E-state index is 13.0. The van der Waals surface area contributed by atoms with Crippen LogP contribution >= 0.6 is 0 Å². The second kappa shape index (κ2) is 5.70. The van der Waals surface area contributed by atoms with Crippen molar-refractivity contribution in [2.24, 2.45) is 5.73 Å². The van der Waals surface area contributed by atoms with E-state index in [1.807, 2.05) is 0 Å². The normalized spacial score (nSPS) is 19.9. The standard InChI is InChI=1S/C13H15F3N2O2/c14-13(15,16)11-4-2-1-3-10(11)9-7-18(6-5-17)12(19)20-8-9/h1-4,9H,5-8,17H2. The fraction of sp³-hybridized carbons (Fsp3) is 0.462. The van der Waals surface area contributed by atoms with Crippen LogP contribution < -0.4 is 5.73 Å². The molecule has 1 aliphatic heterocycles. The minimum absolute atomic E-state index is 0.0486. The number of ether oxygens (including phenoxy) is 1. The quantitative estimate of drug-likeness (QED) is 0.927. The number of hydrogen-bond acceptors (Lipinski definition) is 3. The number of cyclic esters (lactones) is 1. The summed E-state index contributed by atoms with van der Waals surface area (Å²) >= 11 is 0. The van der Waals surface area contributed by atoms with Crippen molar-refractivity contribution in [2.45, 2.75) is 12.1 Å². The maximum atomic E-state index is 13.0. The van der Waals surface area contributed by atoms with Crippen LogP contribution in [0, 0.1) is 0 Å². The van der Waals surface area contributed by atoms with Crippen LogP contribution in [-0.2, 0) is 10.9 Å². The number of benzene rings is 1. The van der Waals surface area contributed by atoms with Crippen molar-refractivity contribution in [3.63, 3.8) is 0 Å². The molecule has 1 saturated heterocycles. The Bertz CT molecular complexity index is 491. The molecule has 1 atom stereocenters. The number of carbonyl (C=O) groups excluding carboxylic acids is 1. The van der Waals surface area contributed by atoms with Crippen LogP contribution in [0.1, 0.15) is 17.0 Å². The molecule has 4 nitrogen and oxygen atoms in total. The van der Waals surface area contributed by atoms with Crippen molar-refractivity contribution in [1.82, 2.24) is 4.90 Å². The van der Waals surface area contributed by atoms with E-state index in [1.165, 1.54) is 17.0 Å². The van der Waals surface area contributed by atoms with E-state index in [0.29, 0.717) is 0 Å². The third-order valence-electron chi connectivity index (χ3n) is 3.21. The molecule has 0 bridgehead atoms. The highest BCUT2D eigenvalue weighted by Crippen LogP contribution is 2.36. The van der Waals surface area contributed by atoms with Gasteiger partial charge in [-0.05, 0) is 11.6 Å². The van der Waals surface area contributed by atoms with Crippen LogP contribution in [0.5, 0.6) is 0 Å². The Kier molecular flexibility index (Phi) is 4.17. The molecule has 1 aliphatic rings. The first-order valence-corrected chi connectivity index (χ1v) is 6.21. The van der Waals surface area contributed by atoms with Gasteiger partial charge >= 0.3 is 12.3 Å². The third kappa shape index (κ3) is 3.04. The van der Waals surface area contributed by atoms with Gasteiger partial charge in [-0.1, -0.05) is 18.2 Å². The number of nitrogens with zero attached hydrogens (tertiary/aromatic N) is 1. The molecule has 110 valence electrons. The highest BCUT2D eigenvalue weighted by atomic mass is 19.4. The first-order chi connectivity index (χ1) is 9.43. The number of alkyl halides is 3. The Morgan fingerprint density at radius 1 is 1.35 bits per heavy atom. The van der Waals surface area contributed by atoms with Crippen LogP contribution in [0.25, 0.3) is 0 Å².